The first-order chi connectivity index (χ1) is 12.1. The molecule has 0 atom stereocenters. The maximum absolute atomic E-state index is 11.9. The molecule has 0 radical (unpaired) electrons. The first kappa shape index (κ1) is 16.8. The molecular formula is C17H15ClN4O3. The van der Waals surface area contributed by atoms with E-state index in [1.165, 1.54) is 0 Å². The van der Waals surface area contributed by atoms with Gasteiger partial charge in [-0.2, -0.15) is 0 Å². The summed E-state index contributed by atoms with van der Waals surface area (Å²) in [5.41, 5.74) is 1.37. The van der Waals surface area contributed by atoms with Gasteiger partial charge in [-0.1, -0.05) is 17.7 Å². The van der Waals surface area contributed by atoms with Gasteiger partial charge in [-0.05, 0) is 42.5 Å². The number of anilines is 1. The number of carbonyl (C=O) groups is 1. The van der Waals surface area contributed by atoms with Crippen LogP contribution in [0, 0.1) is 0 Å². The first-order valence-electron chi connectivity index (χ1n) is 7.41. The van der Waals surface area contributed by atoms with E-state index in [0.29, 0.717) is 28.2 Å². The molecule has 8 heteroatoms. The van der Waals surface area contributed by atoms with Gasteiger partial charge in [0.2, 0.25) is 11.8 Å². The second kappa shape index (κ2) is 7.67. The van der Waals surface area contributed by atoms with Crippen LogP contribution in [-0.4, -0.2) is 23.3 Å². The highest BCUT2D eigenvalue weighted by Crippen LogP contribution is 2.22. The highest BCUT2D eigenvalue weighted by atomic mass is 35.5. The number of ether oxygens (including phenoxy) is 1. The lowest BCUT2D eigenvalue weighted by Crippen LogP contribution is -2.28. The van der Waals surface area contributed by atoms with E-state index >= 15 is 0 Å². The minimum absolute atomic E-state index is 0.108. The van der Waals surface area contributed by atoms with Crippen LogP contribution < -0.4 is 15.4 Å². The van der Waals surface area contributed by atoms with Crippen molar-refractivity contribution in [3.63, 3.8) is 0 Å². The second-order valence-corrected chi connectivity index (χ2v) is 5.48. The molecule has 0 aliphatic rings. The molecule has 1 heterocycles. The quantitative estimate of drug-likeness (QED) is 0.725. The second-order valence-electron chi connectivity index (χ2n) is 5.05. The van der Waals surface area contributed by atoms with Crippen molar-refractivity contribution in [3.8, 4) is 17.2 Å². The van der Waals surface area contributed by atoms with E-state index in [9.17, 15) is 4.79 Å². The number of hydrogen-bond donors (Lipinski definition) is 2. The zero-order valence-electron chi connectivity index (χ0n) is 13.3. The molecule has 128 valence electrons. The van der Waals surface area contributed by atoms with Gasteiger partial charge in [-0.25, -0.2) is 4.79 Å². The number of rotatable bonds is 5. The van der Waals surface area contributed by atoms with Crippen LogP contribution in [0.4, 0.5) is 10.5 Å². The average Bonchev–Trinajstić information content (AvgIpc) is 3.11. The SMILES string of the molecule is COc1cccc(-c2nnc(CNC(=O)Nc3ccc(Cl)cc3)o2)c1. The van der Waals surface area contributed by atoms with Crippen molar-refractivity contribution in [1.82, 2.24) is 15.5 Å². The van der Waals surface area contributed by atoms with Crippen LogP contribution in [0.5, 0.6) is 5.75 Å². The molecule has 0 saturated carbocycles. The smallest absolute Gasteiger partial charge is 0.319 e. The molecule has 0 aliphatic carbocycles. The summed E-state index contributed by atoms with van der Waals surface area (Å²) in [5, 5.41) is 13.8. The number of amides is 2. The molecule has 0 aliphatic heterocycles. The van der Waals surface area contributed by atoms with Crippen molar-refractivity contribution in [1.29, 1.82) is 0 Å². The summed E-state index contributed by atoms with van der Waals surface area (Å²) in [6.07, 6.45) is 0. The predicted octanol–water partition coefficient (Wildman–Crippen LogP) is 3.72. The maximum Gasteiger partial charge on any atom is 0.319 e. The van der Waals surface area contributed by atoms with E-state index in [0.717, 1.165) is 5.56 Å². The van der Waals surface area contributed by atoms with E-state index in [-0.39, 0.29) is 12.6 Å². The summed E-state index contributed by atoms with van der Waals surface area (Å²) in [5.74, 6) is 1.34. The van der Waals surface area contributed by atoms with Crippen LogP contribution >= 0.6 is 11.6 Å². The Kier molecular flexibility index (Phi) is 5.15. The number of nitrogens with one attached hydrogen (secondary N) is 2. The van der Waals surface area contributed by atoms with Crippen LogP contribution in [-0.2, 0) is 6.54 Å². The molecule has 7 nitrogen and oxygen atoms in total. The van der Waals surface area contributed by atoms with Crippen molar-refractivity contribution < 1.29 is 13.9 Å². The van der Waals surface area contributed by atoms with E-state index < -0.39 is 0 Å². The molecule has 2 N–H and O–H groups in total. The number of nitrogens with zero attached hydrogens (tertiary/aromatic N) is 2. The van der Waals surface area contributed by atoms with Gasteiger partial charge < -0.3 is 19.8 Å². The van der Waals surface area contributed by atoms with Crippen LogP contribution in [0.2, 0.25) is 5.02 Å². The van der Waals surface area contributed by atoms with Crippen molar-refractivity contribution in [3.05, 3.63) is 59.4 Å². The summed E-state index contributed by atoms with van der Waals surface area (Å²) in [6, 6.07) is 13.7. The first-order valence-corrected chi connectivity index (χ1v) is 7.79. The van der Waals surface area contributed by atoms with Crippen molar-refractivity contribution >= 4 is 23.3 Å². The monoisotopic (exact) mass is 358 g/mol. The number of hydrogen-bond acceptors (Lipinski definition) is 5. The number of carbonyl (C=O) groups excluding carboxylic acids is 1. The van der Waals surface area contributed by atoms with Gasteiger partial charge in [0.1, 0.15) is 5.75 Å². The number of urea groups is 1. The third kappa shape index (κ3) is 4.48. The van der Waals surface area contributed by atoms with Crippen molar-refractivity contribution in [2.45, 2.75) is 6.54 Å². The Hall–Kier alpha value is -3.06. The zero-order chi connectivity index (χ0) is 17.6. The number of halogens is 1. The molecule has 25 heavy (non-hydrogen) atoms. The van der Waals surface area contributed by atoms with Gasteiger partial charge in [-0.15, -0.1) is 10.2 Å². The minimum atomic E-state index is -0.386. The minimum Gasteiger partial charge on any atom is -0.497 e. The fraction of sp³-hybridized carbons (Fsp3) is 0.118. The van der Waals surface area contributed by atoms with Crippen molar-refractivity contribution in [2.24, 2.45) is 0 Å². The Morgan fingerprint density at radius 2 is 2.00 bits per heavy atom. The fourth-order valence-electron chi connectivity index (χ4n) is 2.06. The topological polar surface area (TPSA) is 89.3 Å². The highest BCUT2D eigenvalue weighted by molar-refractivity contribution is 6.30. The van der Waals surface area contributed by atoms with E-state index in [4.69, 9.17) is 20.8 Å². The van der Waals surface area contributed by atoms with Crippen LogP contribution in [0.25, 0.3) is 11.5 Å². The Morgan fingerprint density at radius 1 is 1.20 bits per heavy atom. The van der Waals surface area contributed by atoms with E-state index in [2.05, 4.69) is 20.8 Å². The third-order valence-corrected chi connectivity index (χ3v) is 3.54. The molecule has 0 spiro atoms. The van der Waals surface area contributed by atoms with E-state index in [1.54, 1.807) is 37.4 Å². The Bertz CT molecular complexity index is 864. The van der Waals surface area contributed by atoms with Crippen molar-refractivity contribution in [2.75, 3.05) is 12.4 Å². The highest BCUT2D eigenvalue weighted by Gasteiger charge is 2.10. The van der Waals surface area contributed by atoms with Gasteiger partial charge >= 0.3 is 6.03 Å². The lowest BCUT2D eigenvalue weighted by atomic mass is 10.2. The fourth-order valence-corrected chi connectivity index (χ4v) is 2.19. The van der Waals surface area contributed by atoms with Crippen LogP contribution in [0.1, 0.15) is 5.89 Å². The third-order valence-electron chi connectivity index (χ3n) is 3.29. The van der Waals surface area contributed by atoms with Gasteiger partial charge in [0.15, 0.2) is 0 Å². The summed E-state index contributed by atoms with van der Waals surface area (Å²) >= 11 is 5.80. The summed E-state index contributed by atoms with van der Waals surface area (Å²) in [6.45, 7) is 0.108. The van der Waals surface area contributed by atoms with Gasteiger partial charge in [0.25, 0.3) is 0 Å². The predicted molar refractivity (Wildman–Crippen MR) is 93.6 cm³/mol. The molecule has 0 bridgehead atoms. The molecule has 2 aromatic carbocycles. The summed E-state index contributed by atoms with van der Waals surface area (Å²) in [7, 11) is 1.58. The zero-order valence-corrected chi connectivity index (χ0v) is 14.1. The normalized spacial score (nSPS) is 10.3. The molecule has 0 fully saturated rings. The molecule has 3 rings (SSSR count). The maximum atomic E-state index is 11.9. The lowest BCUT2D eigenvalue weighted by Gasteiger charge is -2.05. The van der Waals surface area contributed by atoms with Gasteiger partial charge in [-0.3, -0.25) is 0 Å². The van der Waals surface area contributed by atoms with E-state index in [1.807, 2.05) is 18.2 Å². The number of benzene rings is 2. The van der Waals surface area contributed by atoms with Crippen LogP contribution in [0.3, 0.4) is 0 Å². The Morgan fingerprint density at radius 3 is 2.76 bits per heavy atom. The Balaban J connectivity index is 1.57. The van der Waals surface area contributed by atoms with Crippen LogP contribution in [0.15, 0.2) is 52.9 Å². The average molecular weight is 359 g/mol. The summed E-state index contributed by atoms with van der Waals surface area (Å²) < 4.78 is 10.7. The number of methoxy groups -OCH3 is 1. The lowest BCUT2D eigenvalue weighted by molar-refractivity contribution is 0.250. The molecule has 0 saturated heterocycles. The molecule has 0 unspecified atom stereocenters. The van der Waals surface area contributed by atoms with Gasteiger partial charge in [0.05, 0.1) is 13.7 Å². The Labute approximate surface area is 149 Å². The summed E-state index contributed by atoms with van der Waals surface area (Å²) in [4.78, 5) is 11.9. The standard InChI is InChI=1S/C17H15ClN4O3/c1-24-14-4-2-3-11(9-14)16-22-21-15(25-16)10-19-17(23)20-13-7-5-12(18)6-8-13/h2-9H,10H2,1H3,(H2,19,20,23). The number of aromatic nitrogens is 2. The molecule has 3 aromatic rings. The molecular weight excluding hydrogens is 344 g/mol. The van der Waals surface area contributed by atoms with Gasteiger partial charge in [0, 0.05) is 16.3 Å². The molecule has 2 amide bonds. The largest absolute Gasteiger partial charge is 0.497 e. The molecule has 1 aromatic heterocycles.